The summed E-state index contributed by atoms with van der Waals surface area (Å²) in [6, 6.07) is 13.3. The molecule has 0 aliphatic rings. The summed E-state index contributed by atoms with van der Waals surface area (Å²) < 4.78 is 5.69. The van der Waals surface area contributed by atoms with Crippen LogP contribution < -0.4 is 4.74 Å². The van der Waals surface area contributed by atoms with Crippen LogP contribution >= 0.6 is 11.6 Å². The summed E-state index contributed by atoms with van der Waals surface area (Å²) in [5.74, 6) is 0.746. The highest BCUT2D eigenvalue weighted by molar-refractivity contribution is 6.31. The number of benzene rings is 2. The molecule has 4 heteroatoms. The van der Waals surface area contributed by atoms with Crippen LogP contribution in [0.5, 0.6) is 5.75 Å². The molecule has 0 saturated carbocycles. The largest absolute Gasteiger partial charge is 0.489 e. The lowest BCUT2D eigenvalue weighted by molar-refractivity contribution is 0.306. The Bertz CT molecular complexity index is 621. The first-order valence-corrected chi connectivity index (χ1v) is 6.65. The van der Waals surface area contributed by atoms with Crippen LogP contribution in [0.15, 0.2) is 47.6 Å². The quantitative estimate of drug-likeness (QED) is 0.514. The van der Waals surface area contributed by atoms with E-state index in [-0.39, 0.29) is 0 Å². The predicted octanol–water partition coefficient (Wildman–Crippen LogP) is 4.43. The lowest BCUT2D eigenvalue weighted by Crippen LogP contribution is -1.98. The third-order valence-corrected chi connectivity index (χ3v) is 3.38. The molecule has 0 radical (unpaired) electrons. The highest BCUT2D eigenvalue weighted by Crippen LogP contribution is 2.20. The van der Waals surface area contributed by atoms with E-state index in [1.807, 2.05) is 49.4 Å². The first-order chi connectivity index (χ1) is 9.60. The van der Waals surface area contributed by atoms with Crippen molar-refractivity contribution in [2.75, 3.05) is 0 Å². The minimum atomic E-state index is 0.422. The van der Waals surface area contributed by atoms with Crippen LogP contribution in [0, 0.1) is 6.92 Å². The Balaban J connectivity index is 2.04. The lowest BCUT2D eigenvalue weighted by atomic mass is 10.1. The van der Waals surface area contributed by atoms with Gasteiger partial charge in [-0.3, -0.25) is 0 Å². The number of halogens is 1. The summed E-state index contributed by atoms with van der Waals surface area (Å²) >= 11 is 6.16. The molecule has 0 aliphatic heterocycles. The third-order valence-electron chi connectivity index (χ3n) is 3.02. The number of nitrogens with zero attached hydrogens (tertiary/aromatic N) is 1. The normalized spacial score (nSPS) is 11.4. The fraction of sp³-hybridized carbons (Fsp3) is 0.188. The van der Waals surface area contributed by atoms with Gasteiger partial charge in [0, 0.05) is 10.6 Å². The Labute approximate surface area is 123 Å². The molecule has 0 aromatic heterocycles. The fourth-order valence-electron chi connectivity index (χ4n) is 1.78. The SMILES string of the molecule is C/C(=N/O)c1ccc(OCc2ccc(C)cc2Cl)cc1. The molecular weight excluding hydrogens is 274 g/mol. The molecule has 0 aliphatic carbocycles. The van der Waals surface area contributed by atoms with Crippen LogP contribution in [-0.2, 0) is 6.61 Å². The molecule has 104 valence electrons. The summed E-state index contributed by atoms with van der Waals surface area (Å²) in [6.07, 6.45) is 0. The van der Waals surface area contributed by atoms with Gasteiger partial charge in [-0.15, -0.1) is 0 Å². The zero-order chi connectivity index (χ0) is 14.5. The maximum absolute atomic E-state index is 8.70. The lowest BCUT2D eigenvalue weighted by Gasteiger charge is -2.09. The van der Waals surface area contributed by atoms with Gasteiger partial charge in [-0.25, -0.2) is 0 Å². The molecule has 0 fully saturated rings. The van der Waals surface area contributed by atoms with E-state index in [1.165, 1.54) is 0 Å². The number of rotatable bonds is 4. The fourth-order valence-corrected chi connectivity index (χ4v) is 2.07. The first-order valence-electron chi connectivity index (χ1n) is 6.27. The number of hydrogen-bond acceptors (Lipinski definition) is 3. The minimum absolute atomic E-state index is 0.422. The standard InChI is InChI=1S/C16H16ClNO2/c1-11-3-4-14(16(17)9-11)10-20-15-7-5-13(6-8-15)12(2)18-19/h3-9,19H,10H2,1-2H3/b18-12-. The summed E-state index contributed by atoms with van der Waals surface area (Å²) in [4.78, 5) is 0. The molecule has 0 amide bonds. The maximum Gasteiger partial charge on any atom is 0.119 e. The zero-order valence-electron chi connectivity index (χ0n) is 11.4. The topological polar surface area (TPSA) is 41.8 Å². The van der Waals surface area contributed by atoms with Crippen molar-refractivity contribution in [2.45, 2.75) is 20.5 Å². The molecule has 0 saturated heterocycles. The molecule has 20 heavy (non-hydrogen) atoms. The maximum atomic E-state index is 8.70. The Kier molecular flexibility index (Phi) is 4.64. The highest BCUT2D eigenvalue weighted by Gasteiger charge is 2.03. The summed E-state index contributed by atoms with van der Waals surface area (Å²) in [6.45, 7) is 4.16. The smallest absolute Gasteiger partial charge is 0.119 e. The molecule has 1 N–H and O–H groups in total. The molecule has 0 heterocycles. The summed E-state index contributed by atoms with van der Waals surface area (Å²) in [5.41, 5.74) is 3.50. The average Bonchev–Trinajstić information content (AvgIpc) is 2.46. The Morgan fingerprint density at radius 2 is 1.90 bits per heavy atom. The zero-order valence-corrected chi connectivity index (χ0v) is 12.2. The van der Waals surface area contributed by atoms with Gasteiger partial charge in [0.1, 0.15) is 12.4 Å². The van der Waals surface area contributed by atoms with Crippen molar-refractivity contribution in [1.82, 2.24) is 0 Å². The van der Waals surface area contributed by atoms with E-state index in [0.29, 0.717) is 17.3 Å². The molecule has 0 bridgehead atoms. The number of hydrogen-bond donors (Lipinski definition) is 1. The van der Waals surface area contributed by atoms with Crippen LogP contribution in [0.2, 0.25) is 5.02 Å². The molecule has 0 spiro atoms. The van der Waals surface area contributed by atoms with E-state index in [2.05, 4.69) is 5.16 Å². The summed E-state index contributed by atoms with van der Waals surface area (Å²) in [5, 5.41) is 12.6. The van der Waals surface area contributed by atoms with E-state index >= 15 is 0 Å². The highest BCUT2D eigenvalue weighted by atomic mass is 35.5. The van der Waals surface area contributed by atoms with Gasteiger partial charge in [0.15, 0.2) is 0 Å². The van der Waals surface area contributed by atoms with Crippen molar-refractivity contribution < 1.29 is 9.94 Å². The van der Waals surface area contributed by atoms with Crippen molar-refractivity contribution in [3.05, 3.63) is 64.2 Å². The van der Waals surface area contributed by atoms with E-state index in [1.54, 1.807) is 6.92 Å². The predicted molar refractivity (Wildman–Crippen MR) is 81.0 cm³/mol. The Morgan fingerprint density at radius 3 is 2.50 bits per heavy atom. The van der Waals surface area contributed by atoms with Crippen molar-refractivity contribution in [2.24, 2.45) is 5.16 Å². The molecule has 0 unspecified atom stereocenters. The van der Waals surface area contributed by atoms with Crippen molar-refractivity contribution >= 4 is 17.3 Å². The van der Waals surface area contributed by atoms with E-state index in [9.17, 15) is 0 Å². The molecule has 2 aromatic rings. The molecule has 2 aromatic carbocycles. The molecule has 0 atom stereocenters. The first kappa shape index (κ1) is 14.4. The van der Waals surface area contributed by atoms with Gasteiger partial charge in [-0.2, -0.15) is 0 Å². The summed E-state index contributed by atoms with van der Waals surface area (Å²) in [7, 11) is 0. The third kappa shape index (κ3) is 3.52. The van der Waals surface area contributed by atoms with Gasteiger partial charge in [-0.05, 0) is 55.3 Å². The van der Waals surface area contributed by atoms with Gasteiger partial charge >= 0.3 is 0 Å². The van der Waals surface area contributed by atoms with E-state index < -0.39 is 0 Å². The number of aryl methyl sites for hydroxylation is 1. The Hall–Kier alpha value is -2.00. The second kappa shape index (κ2) is 6.44. The van der Waals surface area contributed by atoms with E-state index in [4.69, 9.17) is 21.5 Å². The van der Waals surface area contributed by atoms with Gasteiger partial charge < -0.3 is 9.94 Å². The van der Waals surface area contributed by atoms with Crippen LogP contribution in [0.3, 0.4) is 0 Å². The van der Waals surface area contributed by atoms with Crippen molar-refractivity contribution in [1.29, 1.82) is 0 Å². The van der Waals surface area contributed by atoms with Crippen molar-refractivity contribution in [3.8, 4) is 5.75 Å². The van der Waals surface area contributed by atoms with Gasteiger partial charge in [-0.1, -0.05) is 28.9 Å². The van der Waals surface area contributed by atoms with E-state index in [0.717, 1.165) is 22.4 Å². The van der Waals surface area contributed by atoms with Crippen LogP contribution in [0.1, 0.15) is 23.6 Å². The number of ether oxygens (including phenoxy) is 1. The minimum Gasteiger partial charge on any atom is -0.489 e. The van der Waals surface area contributed by atoms with Gasteiger partial charge in [0.2, 0.25) is 0 Å². The molecule has 2 rings (SSSR count). The van der Waals surface area contributed by atoms with Crippen LogP contribution in [0.4, 0.5) is 0 Å². The average molecular weight is 290 g/mol. The molecule has 3 nitrogen and oxygen atoms in total. The van der Waals surface area contributed by atoms with Crippen molar-refractivity contribution in [3.63, 3.8) is 0 Å². The second-order valence-electron chi connectivity index (χ2n) is 4.59. The van der Waals surface area contributed by atoms with Gasteiger partial charge in [0.25, 0.3) is 0 Å². The van der Waals surface area contributed by atoms with Gasteiger partial charge in [0.05, 0.1) is 5.71 Å². The van der Waals surface area contributed by atoms with Crippen LogP contribution in [0.25, 0.3) is 0 Å². The monoisotopic (exact) mass is 289 g/mol. The molecular formula is C16H16ClNO2. The Morgan fingerprint density at radius 1 is 1.20 bits per heavy atom. The second-order valence-corrected chi connectivity index (χ2v) is 5.00. The number of oxime groups is 1. The van der Waals surface area contributed by atoms with Crippen LogP contribution in [-0.4, -0.2) is 10.9 Å².